The van der Waals surface area contributed by atoms with Gasteiger partial charge < -0.3 is 15.9 Å². The zero-order valence-corrected chi connectivity index (χ0v) is 23.0. The maximum atomic E-state index is 12.2. The molecule has 0 spiro atoms. The summed E-state index contributed by atoms with van der Waals surface area (Å²) >= 11 is 1.91. The lowest BCUT2D eigenvalue weighted by atomic mass is 9.43. The van der Waals surface area contributed by atoms with E-state index in [9.17, 15) is 10.2 Å². The van der Waals surface area contributed by atoms with Gasteiger partial charge in [-0.25, -0.2) is 0 Å². The first-order valence-corrected chi connectivity index (χ1v) is 15.3. The average Bonchev–Trinajstić information content (AvgIpc) is 3.10. The van der Waals surface area contributed by atoms with Crippen LogP contribution in [-0.2, 0) is 0 Å². The quantitative estimate of drug-likeness (QED) is 0.385. The lowest BCUT2D eigenvalue weighted by Crippen LogP contribution is -2.68. The number of rotatable bonds is 8. The Hall–Kier alpha value is 0.230. The van der Waals surface area contributed by atoms with Crippen molar-refractivity contribution in [1.29, 1.82) is 0 Å². The largest absolute Gasteiger partial charge is 0.393 e. The highest BCUT2D eigenvalue weighted by atomic mass is 32.2. The topological polar surface area (TPSA) is 66.5 Å². The second kappa shape index (κ2) is 9.94. The maximum Gasteiger partial charge on any atom is 0.0846 e. The van der Waals surface area contributed by atoms with Gasteiger partial charge in [0.1, 0.15) is 0 Å². The fourth-order valence-corrected chi connectivity index (χ4v) is 11.1. The molecule has 4 saturated carbocycles. The molecule has 4 aliphatic rings. The predicted octanol–water partition coefficient (Wildman–Crippen LogP) is 6.25. The molecule has 5 unspecified atom stereocenters. The van der Waals surface area contributed by atoms with Crippen molar-refractivity contribution in [2.75, 3.05) is 12.3 Å². The van der Waals surface area contributed by atoms with Gasteiger partial charge in [0, 0.05) is 29.4 Å². The summed E-state index contributed by atoms with van der Waals surface area (Å²) in [5.74, 6) is 5.58. The minimum Gasteiger partial charge on any atom is -0.393 e. The van der Waals surface area contributed by atoms with Crippen molar-refractivity contribution in [2.45, 2.75) is 122 Å². The summed E-state index contributed by atoms with van der Waals surface area (Å²) in [6.07, 6.45) is 12.7. The molecule has 0 aromatic rings. The third kappa shape index (κ3) is 4.46. The molecule has 4 heteroatoms. The Bertz CT molecular complexity index is 672. The Balaban J connectivity index is 1.56. The van der Waals surface area contributed by atoms with Crippen LogP contribution in [-0.4, -0.2) is 39.5 Å². The number of aliphatic hydroxyl groups is 2. The standard InChI is InChI=1S/C29H53NO2S/c1-19(2)7-6-8-20(3)23-9-10-24-22-17-26(33-16-15-30)29(32)18-21(31)11-14-28(29,5)25(22)12-13-27(23,24)4/h19-26,31-32H,6-18,30H2,1-5H3/t20-,21+,22?,23-,24?,25?,26?,27-,28-,29?/m1/s1. The van der Waals surface area contributed by atoms with Gasteiger partial charge in [-0.15, -0.1) is 0 Å². The van der Waals surface area contributed by atoms with Gasteiger partial charge >= 0.3 is 0 Å². The van der Waals surface area contributed by atoms with E-state index in [0.717, 1.165) is 54.6 Å². The SMILES string of the molecule is CC(C)CCC[C@@H](C)[C@H]1CCC2C3CC(SCCN)C4(O)C[C@@H](O)CC[C@]4(C)C3CC[C@@]21C. The van der Waals surface area contributed by atoms with Gasteiger partial charge in [-0.2, -0.15) is 11.8 Å². The van der Waals surface area contributed by atoms with Crippen molar-refractivity contribution < 1.29 is 10.2 Å². The molecule has 3 nitrogen and oxygen atoms in total. The molecule has 0 bridgehead atoms. The molecular weight excluding hydrogens is 426 g/mol. The molecule has 0 radical (unpaired) electrons. The highest BCUT2D eigenvalue weighted by molar-refractivity contribution is 8.00. The first kappa shape index (κ1) is 26.3. The second-order valence-electron chi connectivity index (χ2n) is 13.5. The van der Waals surface area contributed by atoms with Crippen LogP contribution in [0.2, 0.25) is 0 Å². The molecular formula is C29H53NO2S. The molecule has 0 heterocycles. The van der Waals surface area contributed by atoms with Crippen molar-refractivity contribution in [3.8, 4) is 0 Å². The van der Waals surface area contributed by atoms with Crippen LogP contribution in [0, 0.1) is 46.3 Å². The number of thioether (sulfide) groups is 1. The van der Waals surface area contributed by atoms with Gasteiger partial charge in [0.15, 0.2) is 0 Å². The van der Waals surface area contributed by atoms with Gasteiger partial charge in [-0.1, -0.05) is 53.9 Å². The monoisotopic (exact) mass is 479 g/mol. The van der Waals surface area contributed by atoms with Crippen LogP contribution in [0.4, 0.5) is 0 Å². The van der Waals surface area contributed by atoms with Gasteiger partial charge in [-0.05, 0) is 85.9 Å². The first-order valence-electron chi connectivity index (χ1n) is 14.3. The molecule has 0 aromatic heterocycles. The van der Waals surface area contributed by atoms with Crippen LogP contribution in [0.25, 0.3) is 0 Å². The molecule has 4 fully saturated rings. The van der Waals surface area contributed by atoms with E-state index in [4.69, 9.17) is 5.73 Å². The first-order chi connectivity index (χ1) is 15.6. The molecule has 4 rings (SSSR count). The average molecular weight is 480 g/mol. The summed E-state index contributed by atoms with van der Waals surface area (Å²) in [4.78, 5) is 0. The molecule has 0 aromatic carbocycles. The lowest BCUT2D eigenvalue weighted by molar-refractivity contribution is -0.216. The minimum atomic E-state index is -0.748. The summed E-state index contributed by atoms with van der Waals surface area (Å²) in [7, 11) is 0. The summed E-state index contributed by atoms with van der Waals surface area (Å²) in [5.41, 5.74) is 5.57. The van der Waals surface area contributed by atoms with E-state index in [0.29, 0.717) is 24.3 Å². The summed E-state index contributed by atoms with van der Waals surface area (Å²) in [6, 6.07) is 0. The molecule has 10 atom stereocenters. The third-order valence-corrected chi connectivity index (χ3v) is 12.9. The smallest absolute Gasteiger partial charge is 0.0846 e. The fourth-order valence-electron chi connectivity index (χ4n) is 9.67. The number of fused-ring (bicyclic) bond motifs is 5. The summed E-state index contributed by atoms with van der Waals surface area (Å²) < 4.78 is 0. The molecule has 4 aliphatic carbocycles. The zero-order valence-electron chi connectivity index (χ0n) is 22.2. The van der Waals surface area contributed by atoms with Gasteiger partial charge in [-0.3, -0.25) is 0 Å². The normalized spacial score (nSPS) is 48.3. The molecule has 0 amide bonds. The highest BCUT2D eigenvalue weighted by Gasteiger charge is 2.67. The van der Waals surface area contributed by atoms with E-state index >= 15 is 0 Å². The number of aliphatic hydroxyl groups excluding tert-OH is 1. The highest BCUT2D eigenvalue weighted by Crippen LogP contribution is 2.70. The van der Waals surface area contributed by atoms with Crippen LogP contribution in [0.15, 0.2) is 0 Å². The van der Waals surface area contributed by atoms with E-state index < -0.39 is 5.60 Å². The Kier molecular flexibility index (Phi) is 7.92. The van der Waals surface area contributed by atoms with E-state index in [1.165, 1.54) is 44.9 Å². The summed E-state index contributed by atoms with van der Waals surface area (Å²) in [5, 5.41) is 23.0. The maximum absolute atomic E-state index is 12.2. The summed E-state index contributed by atoms with van der Waals surface area (Å²) in [6.45, 7) is 13.0. The van der Waals surface area contributed by atoms with Crippen molar-refractivity contribution in [2.24, 2.45) is 52.1 Å². The van der Waals surface area contributed by atoms with Crippen LogP contribution in [0.3, 0.4) is 0 Å². The predicted molar refractivity (Wildman–Crippen MR) is 141 cm³/mol. The van der Waals surface area contributed by atoms with Crippen molar-refractivity contribution >= 4 is 11.8 Å². The number of hydrogen-bond donors (Lipinski definition) is 3. The molecule has 0 saturated heterocycles. The van der Waals surface area contributed by atoms with Gasteiger partial charge in [0.2, 0.25) is 0 Å². The number of nitrogens with two attached hydrogens (primary N) is 1. The van der Waals surface area contributed by atoms with Gasteiger partial charge in [0.05, 0.1) is 11.7 Å². The van der Waals surface area contributed by atoms with Gasteiger partial charge in [0.25, 0.3) is 0 Å². The fraction of sp³-hybridized carbons (Fsp3) is 1.00. The molecule has 33 heavy (non-hydrogen) atoms. The Morgan fingerprint density at radius 3 is 2.45 bits per heavy atom. The van der Waals surface area contributed by atoms with Crippen molar-refractivity contribution in [3.05, 3.63) is 0 Å². The zero-order chi connectivity index (χ0) is 24.0. The van der Waals surface area contributed by atoms with E-state index in [1.54, 1.807) is 0 Å². The van der Waals surface area contributed by atoms with Crippen LogP contribution < -0.4 is 5.73 Å². The Labute approximate surface area is 208 Å². The third-order valence-electron chi connectivity index (χ3n) is 11.4. The lowest BCUT2D eigenvalue weighted by Gasteiger charge is -2.66. The van der Waals surface area contributed by atoms with Crippen LogP contribution in [0.1, 0.15) is 105 Å². The Morgan fingerprint density at radius 2 is 1.76 bits per heavy atom. The number of hydrogen-bond acceptors (Lipinski definition) is 4. The van der Waals surface area contributed by atoms with Crippen LogP contribution >= 0.6 is 11.8 Å². The van der Waals surface area contributed by atoms with Crippen molar-refractivity contribution in [1.82, 2.24) is 0 Å². The molecule has 0 aliphatic heterocycles. The molecule has 192 valence electrons. The second-order valence-corrected chi connectivity index (χ2v) is 14.8. The van der Waals surface area contributed by atoms with E-state index in [-0.39, 0.29) is 16.8 Å². The van der Waals surface area contributed by atoms with Crippen molar-refractivity contribution in [3.63, 3.8) is 0 Å². The minimum absolute atomic E-state index is 0.0658. The van der Waals surface area contributed by atoms with E-state index in [2.05, 4.69) is 34.6 Å². The van der Waals surface area contributed by atoms with Crippen LogP contribution in [0.5, 0.6) is 0 Å². The van der Waals surface area contributed by atoms with E-state index in [1.807, 2.05) is 11.8 Å². The Morgan fingerprint density at radius 1 is 1.00 bits per heavy atom. The molecule has 4 N–H and O–H groups in total.